The van der Waals surface area contributed by atoms with E-state index >= 15 is 0 Å². The minimum atomic E-state index is -0.750. The Morgan fingerprint density at radius 1 is 1.15 bits per heavy atom. The van der Waals surface area contributed by atoms with E-state index in [1.54, 1.807) is 4.90 Å². The molecule has 0 aliphatic carbocycles. The summed E-state index contributed by atoms with van der Waals surface area (Å²) in [5.74, 6) is -0.610. The highest BCUT2D eigenvalue weighted by Gasteiger charge is 2.41. The van der Waals surface area contributed by atoms with Crippen LogP contribution in [0.4, 0.5) is 0 Å². The summed E-state index contributed by atoms with van der Waals surface area (Å²) in [6, 6.07) is 0. The Bertz CT molecular complexity index is 330. The number of aliphatic carboxylic acids is 1. The van der Waals surface area contributed by atoms with Crippen molar-refractivity contribution in [3.63, 3.8) is 0 Å². The summed E-state index contributed by atoms with van der Waals surface area (Å²) in [5.41, 5.74) is -0.712. The fourth-order valence-electron chi connectivity index (χ4n) is 3.00. The monoisotopic (exact) mass is 283 g/mol. The van der Waals surface area contributed by atoms with E-state index in [0.29, 0.717) is 25.8 Å². The quantitative estimate of drug-likeness (QED) is 0.694. The molecule has 1 saturated heterocycles. The molecule has 0 aromatic heterocycles. The van der Waals surface area contributed by atoms with Crippen LogP contribution in [0.5, 0.6) is 0 Å². The van der Waals surface area contributed by atoms with E-state index in [-0.39, 0.29) is 5.91 Å². The van der Waals surface area contributed by atoms with Crippen molar-refractivity contribution in [2.75, 3.05) is 13.1 Å². The van der Waals surface area contributed by atoms with Gasteiger partial charge < -0.3 is 10.0 Å². The molecule has 0 bridgehead atoms. The van der Waals surface area contributed by atoms with E-state index in [4.69, 9.17) is 0 Å². The predicted octanol–water partition coefficient (Wildman–Crippen LogP) is 3.45. The van der Waals surface area contributed by atoms with Gasteiger partial charge in [0.05, 0.1) is 5.41 Å². The zero-order valence-electron chi connectivity index (χ0n) is 13.0. The standard InChI is InChI=1S/C16H29NO3/c1-3-5-6-7-8-10-14(18)17-12-9-11-16(4-2,13-17)15(19)20/h3-13H2,1-2H3,(H,19,20). The molecule has 4 nitrogen and oxygen atoms in total. The number of hydrogen-bond donors (Lipinski definition) is 1. The van der Waals surface area contributed by atoms with Gasteiger partial charge in [-0.1, -0.05) is 39.5 Å². The number of amides is 1. The van der Waals surface area contributed by atoms with E-state index in [2.05, 4.69) is 6.92 Å². The Kier molecular flexibility index (Phi) is 7.03. The van der Waals surface area contributed by atoms with Gasteiger partial charge in [-0.3, -0.25) is 9.59 Å². The van der Waals surface area contributed by atoms with Gasteiger partial charge in [0.15, 0.2) is 0 Å². The Balaban J connectivity index is 2.42. The van der Waals surface area contributed by atoms with Gasteiger partial charge in [0, 0.05) is 19.5 Å². The molecule has 1 fully saturated rings. The summed E-state index contributed by atoms with van der Waals surface area (Å²) >= 11 is 0. The lowest BCUT2D eigenvalue weighted by molar-refractivity contribution is -0.155. The fourth-order valence-corrected chi connectivity index (χ4v) is 3.00. The Morgan fingerprint density at radius 2 is 1.85 bits per heavy atom. The van der Waals surface area contributed by atoms with Crippen LogP contribution in [0.2, 0.25) is 0 Å². The molecule has 0 spiro atoms. The molecule has 20 heavy (non-hydrogen) atoms. The molecule has 0 aromatic carbocycles. The van der Waals surface area contributed by atoms with Gasteiger partial charge in [-0.05, 0) is 25.7 Å². The van der Waals surface area contributed by atoms with Gasteiger partial charge in [-0.15, -0.1) is 0 Å². The first kappa shape index (κ1) is 17.0. The molecule has 0 radical (unpaired) electrons. The number of likely N-dealkylation sites (tertiary alicyclic amines) is 1. The summed E-state index contributed by atoms with van der Waals surface area (Å²) in [6.45, 7) is 5.21. The van der Waals surface area contributed by atoms with Gasteiger partial charge in [0.25, 0.3) is 0 Å². The maximum atomic E-state index is 12.2. The molecule has 1 aliphatic rings. The molecular weight excluding hydrogens is 254 g/mol. The van der Waals surface area contributed by atoms with Gasteiger partial charge >= 0.3 is 5.97 Å². The third-order valence-electron chi connectivity index (χ3n) is 4.55. The highest BCUT2D eigenvalue weighted by Crippen LogP contribution is 2.34. The zero-order valence-corrected chi connectivity index (χ0v) is 13.0. The van der Waals surface area contributed by atoms with Crippen molar-refractivity contribution in [2.45, 2.75) is 71.6 Å². The van der Waals surface area contributed by atoms with Crippen LogP contribution in [0.1, 0.15) is 71.6 Å². The summed E-state index contributed by atoms with van der Waals surface area (Å²) < 4.78 is 0. The molecule has 0 aromatic rings. The summed E-state index contributed by atoms with van der Waals surface area (Å²) in [6.07, 6.45) is 8.34. The van der Waals surface area contributed by atoms with Crippen LogP contribution < -0.4 is 0 Å². The molecule has 1 atom stereocenters. The Morgan fingerprint density at radius 3 is 2.45 bits per heavy atom. The summed E-state index contributed by atoms with van der Waals surface area (Å²) in [5, 5.41) is 9.42. The van der Waals surface area contributed by atoms with Gasteiger partial charge in [0.1, 0.15) is 0 Å². The highest BCUT2D eigenvalue weighted by atomic mass is 16.4. The number of rotatable bonds is 8. The second-order valence-corrected chi connectivity index (χ2v) is 6.02. The predicted molar refractivity (Wildman–Crippen MR) is 79.5 cm³/mol. The lowest BCUT2D eigenvalue weighted by atomic mass is 9.77. The Labute approximate surface area is 122 Å². The first-order valence-corrected chi connectivity index (χ1v) is 8.07. The van der Waals surface area contributed by atoms with Gasteiger partial charge in [-0.2, -0.15) is 0 Å². The van der Waals surface area contributed by atoms with Gasteiger partial charge in [0.2, 0.25) is 5.91 Å². The number of nitrogens with zero attached hydrogens (tertiary/aromatic N) is 1. The fraction of sp³-hybridized carbons (Fsp3) is 0.875. The van der Waals surface area contributed by atoms with E-state index in [1.165, 1.54) is 19.3 Å². The number of piperidine rings is 1. The maximum absolute atomic E-state index is 12.2. The van der Waals surface area contributed by atoms with Crippen molar-refractivity contribution >= 4 is 11.9 Å². The molecule has 116 valence electrons. The number of hydrogen-bond acceptors (Lipinski definition) is 2. The van der Waals surface area contributed by atoms with E-state index in [0.717, 1.165) is 25.8 Å². The molecular formula is C16H29NO3. The van der Waals surface area contributed by atoms with E-state index in [1.807, 2.05) is 6.92 Å². The molecule has 4 heteroatoms. The van der Waals surface area contributed by atoms with Crippen molar-refractivity contribution in [1.82, 2.24) is 4.90 Å². The largest absolute Gasteiger partial charge is 0.481 e. The zero-order chi connectivity index (χ0) is 15.0. The molecule has 1 unspecified atom stereocenters. The van der Waals surface area contributed by atoms with Crippen LogP contribution in [0.3, 0.4) is 0 Å². The van der Waals surface area contributed by atoms with Crippen LogP contribution in [-0.2, 0) is 9.59 Å². The highest BCUT2D eigenvalue weighted by molar-refractivity contribution is 5.79. The lowest BCUT2D eigenvalue weighted by Crippen LogP contribution is -2.49. The molecule has 1 amide bonds. The number of carbonyl (C=O) groups excluding carboxylic acids is 1. The second-order valence-electron chi connectivity index (χ2n) is 6.02. The number of carboxylic acids is 1. The summed E-state index contributed by atoms with van der Waals surface area (Å²) in [7, 11) is 0. The van der Waals surface area contributed by atoms with Crippen LogP contribution in [0.25, 0.3) is 0 Å². The minimum absolute atomic E-state index is 0.139. The maximum Gasteiger partial charge on any atom is 0.311 e. The topological polar surface area (TPSA) is 57.6 Å². The molecule has 1 N–H and O–H groups in total. The first-order chi connectivity index (χ1) is 9.55. The first-order valence-electron chi connectivity index (χ1n) is 8.07. The SMILES string of the molecule is CCCCCCCC(=O)N1CCCC(CC)(C(=O)O)C1. The van der Waals surface area contributed by atoms with E-state index in [9.17, 15) is 14.7 Å². The van der Waals surface area contributed by atoms with Crippen LogP contribution in [0.15, 0.2) is 0 Å². The average molecular weight is 283 g/mol. The lowest BCUT2D eigenvalue weighted by Gasteiger charge is -2.39. The van der Waals surface area contributed by atoms with Crippen LogP contribution in [-0.4, -0.2) is 35.0 Å². The van der Waals surface area contributed by atoms with Crippen molar-refractivity contribution < 1.29 is 14.7 Å². The average Bonchev–Trinajstić information content (AvgIpc) is 2.46. The smallest absolute Gasteiger partial charge is 0.311 e. The Hall–Kier alpha value is -1.06. The van der Waals surface area contributed by atoms with Crippen molar-refractivity contribution in [3.05, 3.63) is 0 Å². The van der Waals surface area contributed by atoms with E-state index < -0.39 is 11.4 Å². The third kappa shape index (κ3) is 4.50. The second kappa shape index (κ2) is 8.28. The molecule has 0 saturated carbocycles. The van der Waals surface area contributed by atoms with Crippen LogP contribution >= 0.6 is 0 Å². The minimum Gasteiger partial charge on any atom is -0.481 e. The van der Waals surface area contributed by atoms with Crippen molar-refractivity contribution in [1.29, 1.82) is 0 Å². The van der Waals surface area contributed by atoms with Crippen molar-refractivity contribution in [2.24, 2.45) is 5.41 Å². The molecule has 1 rings (SSSR count). The number of carbonyl (C=O) groups is 2. The third-order valence-corrected chi connectivity index (χ3v) is 4.55. The summed E-state index contributed by atoms with van der Waals surface area (Å²) in [4.78, 5) is 25.4. The van der Waals surface area contributed by atoms with Crippen LogP contribution in [0, 0.1) is 5.41 Å². The molecule has 1 aliphatic heterocycles. The van der Waals surface area contributed by atoms with Gasteiger partial charge in [-0.25, -0.2) is 0 Å². The normalized spacial score (nSPS) is 22.8. The molecule has 1 heterocycles. The number of carboxylic acid groups (broad SMARTS) is 1. The van der Waals surface area contributed by atoms with Crippen molar-refractivity contribution in [3.8, 4) is 0 Å². The number of unbranched alkanes of at least 4 members (excludes halogenated alkanes) is 4.